The van der Waals surface area contributed by atoms with Gasteiger partial charge in [-0.3, -0.25) is 14.5 Å². The molecule has 0 spiro atoms. The first-order valence-corrected chi connectivity index (χ1v) is 15.5. The van der Waals surface area contributed by atoms with E-state index in [4.69, 9.17) is 10.5 Å². The summed E-state index contributed by atoms with van der Waals surface area (Å²) in [6, 6.07) is -2.08. The second kappa shape index (κ2) is 12.4. The Labute approximate surface area is 240 Å². The number of β-lactam (4-membered cyclic amide) rings is 1. The minimum Gasteiger partial charge on any atom is -0.455 e. The van der Waals surface area contributed by atoms with Crippen LogP contribution < -0.4 is 16.4 Å². The van der Waals surface area contributed by atoms with Crippen LogP contribution in [0, 0.1) is 0 Å². The van der Waals surface area contributed by atoms with E-state index in [0.717, 1.165) is 28.4 Å². The highest BCUT2D eigenvalue weighted by Crippen LogP contribution is 2.44. The zero-order valence-electron chi connectivity index (χ0n) is 21.9. The van der Waals surface area contributed by atoms with Gasteiger partial charge in [-0.25, -0.2) is 18.0 Å². The molecule has 3 atom stereocenters. The molecule has 1 fully saturated rings. The Balaban J connectivity index is 1.89. The van der Waals surface area contributed by atoms with Gasteiger partial charge in [-0.05, 0) is 38.0 Å². The highest BCUT2D eigenvalue weighted by molar-refractivity contribution is 8.01. The molecule has 2 aliphatic rings. The van der Waals surface area contributed by atoms with Crippen LogP contribution in [-0.2, 0) is 29.0 Å². The van der Waals surface area contributed by atoms with E-state index in [-0.39, 0.29) is 29.6 Å². The van der Waals surface area contributed by atoms with Crippen molar-refractivity contribution in [3.8, 4) is 0 Å². The quantitative estimate of drug-likeness (QED) is 0.139. The Morgan fingerprint density at radius 1 is 1.29 bits per heavy atom. The number of carbonyl (C=O) groups is 4. The first kappa shape index (κ1) is 32.4. The van der Waals surface area contributed by atoms with Crippen molar-refractivity contribution in [3.63, 3.8) is 0 Å². The van der Waals surface area contributed by atoms with Gasteiger partial charge in [-0.2, -0.15) is 18.4 Å². The number of rotatable bonds is 11. The van der Waals surface area contributed by atoms with Crippen molar-refractivity contribution in [3.05, 3.63) is 11.3 Å². The van der Waals surface area contributed by atoms with E-state index in [1.807, 2.05) is 0 Å². The zero-order valence-corrected chi connectivity index (χ0v) is 24.3. The fraction of sp³-hybridized carbons (Fsp3) is 0.650. The number of aromatic amines is 1. The molecule has 228 valence electrons. The molecule has 15 nitrogen and oxygen atoms in total. The molecule has 41 heavy (non-hydrogen) atoms. The Kier molecular flexibility index (Phi) is 9.84. The SMILES string of the molecule is CC(C)(C)OC(=O)C1=C(C(CCNC(N)=O)Sc2nn[nH]n2)CS[C@@H]2C(NC(=O)CS(=O)(=O)CC(F)(F)F)C(=O)N12. The number of tetrazole rings is 1. The van der Waals surface area contributed by atoms with Crippen molar-refractivity contribution in [2.45, 2.75) is 60.8 Å². The van der Waals surface area contributed by atoms with Crippen molar-refractivity contribution in [2.75, 3.05) is 23.8 Å². The number of esters is 1. The van der Waals surface area contributed by atoms with Crippen molar-refractivity contribution in [2.24, 2.45) is 5.73 Å². The van der Waals surface area contributed by atoms with E-state index in [9.17, 15) is 40.8 Å². The van der Waals surface area contributed by atoms with Gasteiger partial charge in [0.05, 0.1) is 0 Å². The van der Waals surface area contributed by atoms with E-state index in [2.05, 4.69) is 31.3 Å². The van der Waals surface area contributed by atoms with Crippen LogP contribution in [0.15, 0.2) is 16.4 Å². The molecule has 5 N–H and O–H groups in total. The fourth-order valence-corrected chi connectivity index (χ4v) is 7.50. The smallest absolute Gasteiger partial charge is 0.402 e. The van der Waals surface area contributed by atoms with Crippen molar-refractivity contribution >= 4 is 57.2 Å². The number of hydrogen-bond donors (Lipinski definition) is 4. The highest BCUT2D eigenvalue weighted by atomic mass is 32.2. The van der Waals surface area contributed by atoms with Crippen molar-refractivity contribution in [1.82, 2.24) is 36.2 Å². The predicted octanol–water partition coefficient (Wildman–Crippen LogP) is -0.308. The number of nitrogens with two attached hydrogens (primary N) is 1. The summed E-state index contributed by atoms with van der Waals surface area (Å²) in [4.78, 5) is 51.2. The molecule has 0 aromatic carbocycles. The Hall–Kier alpha value is -3.07. The van der Waals surface area contributed by atoms with Crippen LogP contribution in [-0.4, -0.2) is 110 Å². The maximum atomic E-state index is 13.4. The van der Waals surface area contributed by atoms with Crippen LogP contribution in [0.1, 0.15) is 27.2 Å². The summed E-state index contributed by atoms with van der Waals surface area (Å²) in [5, 5.41) is 16.9. The number of aromatic nitrogens is 4. The normalized spacial score (nSPS) is 20.1. The lowest BCUT2D eigenvalue weighted by Gasteiger charge is -2.50. The van der Waals surface area contributed by atoms with Gasteiger partial charge in [0.2, 0.25) is 11.1 Å². The lowest BCUT2D eigenvalue weighted by atomic mass is 10.00. The van der Waals surface area contributed by atoms with E-state index in [1.54, 1.807) is 20.8 Å². The number of halogens is 3. The number of nitrogens with one attached hydrogen (secondary N) is 3. The maximum absolute atomic E-state index is 13.4. The van der Waals surface area contributed by atoms with Crippen LogP contribution in [0.5, 0.6) is 0 Å². The molecule has 1 saturated heterocycles. The minimum atomic E-state index is -5.03. The number of hydrogen-bond acceptors (Lipinski definition) is 12. The monoisotopic (exact) mass is 644 g/mol. The summed E-state index contributed by atoms with van der Waals surface area (Å²) >= 11 is 2.22. The Morgan fingerprint density at radius 3 is 2.54 bits per heavy atom. The van der Waals surface area contributed by atoms with E-state index in [0.29, 0.717) is 5.57 Å². The molecular formula is C20H27F3N8O7S3. The van der Waals surface area contributed by atoms with E-state index >= 15 is 0 Å². The third kappa shape index (κ3) is 8.96. The number of thioether (sulfide) groups is 2. The van der Waals surface area contributed by atoms with Gasteiger partial charge >= 0.3 is 18.2 Å². The molecule has 2 unspecified atom stereocenters. The molecule has 1 aromatic rings. The van der Waals surface area contributed by atoms with Crippen LogP contribution in [0.2, 0.25) is 0 Å². The fourth-order valence-electron chi connectivity index (χ4n) is 3.88. The number of ether oxygens (including phenoxy) is 1. The second-order valence-corrected chi connectivity index (χ2v) is 14.2. The molecule has 21 heteroatoms. The average Bonchev–Trinajstić information content (AvgIpc) is 3.30. The van der Waals surface area contributed by atoms with Crippen molar-refractivity contribution in [1.29, 1.82) is 0 Å². The Morgan fingerprint density at radius 2 is 1.98 bits per heavy atom. The molecule has 0 saturated carbocycles. The molecule has 1 aromatic heterocycles. The standard InChI is InChI=1S/C20H27F3N8O7S3/c1-19(2,3)38-16(34)13-9(10(4-5-25-17(24)35)40-18-27-29-30-28-18)6-39-15-12(14(33)31(13)15)26-11(32)7-41(36,37)8-20(21,22)23/h10,12,15H,4-8H2,1-3H3,(H,26,32)(H3,24,25,35)(H,27,28,29,30)/t10?,12?,15-/m1/s1. The maximum Gasteiger partial charge on any atom is 0.402 e. The van der Waals surface area contributed by atoms with Crippen LogP contribution in [0.4, 0.5) is 18.0 Å². The second-order valence-electron chi connectivity index (χ2n) is 9.86. The molecule has 0 aliphatic carbocycles. The van der Waals surface area contributed by atoms with Gasteiger partial charge < -0.3 is 21.1 Å². The molecule has 0 bridgehead atoms. The number of nitrogens with zero attached hydrogens (tertiary/aromatic N) is 4. The van der Waals surface area contributed by atoms with Gasteiger partial charge in [0.15, 0.2) is 9.84 Å². The van der Waals surface area contributed by atoms with Gasteiger partial charge in [0, 0.05) is 17.5 Å². The Bertz CT molecular complexity index is 1320. The number of primary amides is 1. The third-order valence-electron chi connectivity index (χ3n) is 5.31. The number of H-pyrrole nitrogens is 1. The zero-order chi connectivity index (χ0) is 30.8. The summed E-state index contributed by atoms with van der Waals surface area (Å²) in [5.74, 6) is -6.47. The van der Waals surface area contributed by atoms with E-state index in [1.165, 1.54) is 0 Å². The van der Waals surface area contributed by atoms with Crippen LogP contribution in [0.25, 0.3) is 0 Å². The first-order valence-electron chi connectivity index (χ1n) is 11.8. The van der Waals surface area contributed by atoms with Gasteiger partial charge in [-0.15, -0.1) is 22.0 Å². The largest absolute Gasteiger partial charge is 0.455 e. The first-order chi connectivity index (χ1) is 18.9. The van der Waals surface area contributed by atoms with Gasteiger partial charge in [0.25, 0.3) is 5.91 Å². The van der Waals surface area contributed by atoms with Crippen LogP contribution in [0.3, 0.4) is 0 Å². The molecule has 0 radical (unpaired) electrons. The number of carbonyl (C=O) groups excluding carboxylic acids is 4. The van der Waals surface area contributed by atoms with Crippen LogP contribution >= 0.6 is 23.5 Å². The lowest BCUT2D eigenvalue weighted by molar-refractivity contribution is -0.159. The van der Waals surface area contributed by atoms with Gasteiger partial charge in [0.1, 0.15) is 34.2 Å². The summed E-state index contributed by atoms with van der Waals surface area (Å²) < 4.78 is 66.7. The van der Waals surface area contributed by atoms with Gasteiger partial charge in [-0.1, -0.05) is 11.8 Å². The highest BCUT2D eigenvalue weighted by Gasteiger charge is 2.55. The summed E-state index contributed by atoms with van der Waals surface area (Å²) in [6.07, 6.45) is -4.82. The number of amides is 4. The molecule has 2 aliphatic heterocycles. The molecule has 3 heterocycles. The molecular weight excluding hydrogens is 617 g/mol. The number of fused-ring (bicyclic) bond motifs is 1. The summed E-state index contributed by atoms with van der Waals surface area (Å²) in [6.45, 7) is 4.93. The third-order valence-corrected chi connectivity index (χ3v) is 9.27. The predicted molar refractivity (Wildman–Crippen MR) is 139 cm³/mol. The molecule has 3 rings (SSSR count). The topological polar surface area (TPSA) is 219 Å². The minimum absolute atomic E-state index is 0.0864. The lowest BCUT2D eigenvalue weighted by Crippen LogP contribution is -2.71. The number of urea groups is 1. The van der Waals surface area contributed by atoms with E-state index < -0.39 is 73.6 Å². The summed E-state index contributed by atoms with van der Waals surface area (Å²) in [7, 11) is -4.83. The van der Waals surface area contributed by atoms with Crippen molar-refractivity contribution < 1.29 is 45.5 Å². The molecule has 4 amide bonds. The summed E-state index contributed by atoms with van der Waals surface area (Å²) in [5.41, 5.74) is 4.50. The number of alkyl halides is 3. The number of sulfone groups is 1. The average molecular weight is 645 g/mol.